The molecule has 3 aromatic rings. The lowest BCUT2D eigenvalue weighted by atomic mass is 9.97. The van der Waals surface area contributed by atoms with Crippen molar-refractivity contribution in [1.82, 2.24) is 9.97 Å². The zero-order chi connectivity index (χ0) is 19.0. The Morgan fingerprint density at radius 2 is 2.22 bits per heavy atom. The number of fused-ring (bicyclic) bond motifs is 1. The van der Waals surface area contributed by atoms with Crippen LogP contribution in [0.4, 0.5) is 11.5 Å². The first kappa shape index (κ1) is 17.0. The van der Waals surface area contributed by atoms with Gasteiger partial charge in [-0.1, -0.05) is 6.92 Å². The zero-order valence-electron chi connectivity index (χ0n) is 14.9. The monoisotopic (exact) mass is 357 g/mol. The number of nitrogens with two attached hydrogens (primary N) is 1. The van der Waals surface area contributed by atoms with Crippen LogP contribution in [0, 0.1) is 23.2 Å². The summed E-state index contributed by atoms with van der Waals surface area (Å²) in [5, 5.41) is 13.4. The van der Waals surface area contributed by atoms with Gasteiger partial charge in [-0.05, 0) is 53.6 Å². The molecule has 1 aromatic carbocycles. The van der Waals surface area contributed by atoms with Crippen molar-refractivity contribution in [3.63, 3.8) is 0 Å². The molecule has 1 fully saturated rings. The molecule has 1 unspecified atom stereocenters. The van der Waals surface area contributed by atoms with Gasteiger partial charge in [0, 0.05) is 35.2 Å². The number of carbonyl (C=O) groups is 1. The molecule has 0 radical (unpaired) electrons. The molecule has 0 saturated heterocycles. The van der Waals surface area contributed by atoms with Crippen molar-refractivity contribution in [3.8, 4) is 17.2 Å². The second-order valence-corrected chi connectivity index (χ2v) is 6.81. The highest BCUT2D eigenvalue weighted by molar-refractivity contribution is 6.00. The minimum atomic E-state index is -0.230. The third-order valence-corrected chi connectivity index (χ3v) is 5.02. The second kappa shape index (κ2) is 6.69. The van der Waals surface area contributed by atoms with Crippen LogP contribution in [0.2, 0.25) is 0 Å². The summed E-state index contributed by atoms with van der Waals surface area (Å²) in [6.45, 7) is 2.10. The van der Waals surface area contributed by atoms with E-state index in [0.29, 0.717) is 17.9 Å². The maximum Gasteiger partial charge on any atom is 0.230 e. The molecule has 27 heavy (non-hydrogen) atoms. The summed E-state index contributed by atoms with van der Waals surface area (Å²) in [5.41, 5.74) is 10.1. The largest absolute Gasteiger partial charge is 0.398 e. The minimum Gasteiger partial charge on any atom is -0.398 e. The molecule has 2 heterocycles. The number of nitrogens with one attached hydrogen (secondary N) is 1. The fourth-order valence-corrected chi connectivity index (χ4v) is 3.35. The standard InChI is InChI=1S/C21H19N5O/c1-2-12-3-4-24-10-17(12)13-5-14-8-20(25-11-18(14)19(23)7-13)26-21(27)16-6-15(16)9-22/h3-5,7-8,10-11,15-16H,2,6,23H2,1H3,(H,25,26,27)/t15?,16-/m1/s1. The first-order valence-electron chi connectivity index (χ1n) is 8.93. The van der Waals surface area contributed by atoms with Crippen molar-refractivity contribution in [2.75, 3.05) is 11.1 Å². The number of pyridine rings is 2. The Labute approximate surface area is 157 Å². The van der Waals surface area contributed by atoms with Crippen LogP contribution in [0.5, 0.6) is 0 Å². The number of rotatable bonds is 4. The average molecular weight is 357 g/mol. The number of amides is 1. The lowest BCUT2D eigenvalue weighted by molar-refractivity contribution is -0.117. The van der Waals surface area contributed by atoms with Crippen LogP contribution < -0.4 is 11.1 Å². The highest BCUT2D eigenvalue weighted by Gasteiger charge is 2.43. The lowest BCUT2D eigenvalue weighted by Crippen LogP contribution is -2.15. The van der Waals surface area contributed by atoms with Crippen LogP contribution in [0.25, 0.3) is 21.9 Å². The summed E-state index contributed by atoms with van der Waals surface area (Å²) in [6.07, 6.45) is 6.82. The lowest BCUT2D eigenvalue weighted by Gasteiger charge is -2.11. The van der Waals surface area contributed by atoms with Gasteiger partial charge in [-0.3, -0.25) is 9.78 Å². The van der Waals surface area contributed by atoms with E-state index >= 15 is 0 Å². The van der Waals surface area contributed by atoms with Crippen LogP contribution in [-0.2, 0) is 11.2 Å². The molecule has 0 spiro atoms. The Hall–Kier alpha value is -3.46. The van der Waals surface area contributed by atoms with Crippen LogP contribution in [0.3, 0.4) is 0 Å². The van der Waals surface area contributed by atoms with E-state index in [4.69, 9.17) is 11.0 Å². The van der Waals surface area contributed by atoms with Gasteiger partial charge in [0.2, 0.25) is 5.91 Å². The van der Waals surface area contributed by atoms with E-state index in [0.717, 1.165) is 28.3 Å². The molecule has 0 bridgehead atoms. The number of nitrogens with zero attached hydrogens (tertiary/aromatic N) is 3. The summed E-state index contributed by atoms with van der Waals surface area (Å²) >= 11 is 0. The maximum atomic E-state index is 12.2. The minimum absolute atomic E-state index is 0.155. The Morgan fingerprint density at radius 1 is 1.37 bits per heavy atom. The fraction of sp³-hybridized carbons (Fsp3) is 0.238. The number of benzene rings is 1. The van der Waals surface area contributed by atoms with Crippen molar-refractivity contribution in [3.05, 3.63) is 48.4 Å². The van der Waals surface area contributed by atoms with E-state index in [2.05, 4.69) is 28.3 Å². The SMILES string of the molecule is CCc1ccncc1-c1cc(N)c2cnc(NC(=O)[C@@H]3CC3C#N)cc2c1. The number of aromatic nitrogens is 2. The molecule has 4 rings (SSSR count). The van der Waals surface area contributed by atoms with Gasteiger partial charge < -0.3 is 11.1 Å². The molecule has 0 aliphatic heterocycles. The van der Waals surface area contributed by atoms with E-state index in [9.17, 15) is 4.79 Å². The Bertz CT molecular complexity index is 1090. The Balaban J connectivity index is 1.70. The predicted molar refractivity (Wildman–Crippen MR) is 105 cm³/mol. The number of nitrogen functional groups attached to an aromatic ring is 1. The topological polar surface area (TPSA) is 105 Å². The fourth-order valence-electron chi connectivity index (χ4n) is 3.35. The normalized spacial score (nSPS) is 18.1. The number of aryl methyl sites for hydroxylation is 1. The maximum absolute atomic E-state index is 12.2. The molecular weight excluding hydrogens is 338 g/mol. The van der Waals surface area contributed by atoms with Crippen molar-refractivity contribution >= 4 is 28.2 Å². The molecule has 6 nitrogen and oxygen atoms in total. The van der Waals surface area contributed by atoms with Crippen LogP contribution in [0.1, 0.15) is 18.9 Å². The van der Waals surface area contributed by atoms with Gasteiger partial charge in [-0.15, -0.1) is 0 Å². The number of hydrogen-bond acceptors (Lipinski definition) is 5. The smallest absolute Gasteiger partial charge is 0.230 e. The van der Waals surface area contributed by atoms with Gasteiger partial charge in [-0.25, -0.2) is 4.98 Å². The Kier molecular flexibility index (Phi) is 4.21. The van der Waals surface area contributed by atoms with E-state index in [-0.39, 0.29) is 17.7 Å². The van der Waals surface area contributed by atoms with Gasteiger partial charge in [-0.2, -0.15) is 5.26 Å². The average Bonchev–Trinajstić information content (AvgIpc) is 3.47. The van der Waals surface area contributed by atoms with E-state index in [1.807, 2.05) is 30.5 Å². The predicted octanol–water partition coefficient (Wildman–Crippen LogP) is 3.54. The summed E-state index contributed by atoms with van der Waals surface area (Å²) in [6, 6.07) is 9.92. The highest BCUT2D eigenvalue weighted by atomic mass is 16.2. The van der Waals surface area contributed by atoms with Gasteiger partial charge in [0.05, 0.1) is 17.9 Å². The molecule has 1 aliphatic rings. The van der Waals surface area contributed by atoms with Crippen molar-refractivity contribution in [2.24, 2.45) is 11.8 Å². The number of hydrogen-bond donors (Lipinski definition) is 2. The Morgan fingerprint density at radius 3 is 2.96 bits per heavy atom. The highest BCUT2D eigenvalue weighted by Crippen LogP contribution is 2.38. The summed E-state index contributed by atoms with van der Waals surface area (Å²) in [5.74, 6) is -0.0928. The summed E-state index contributed by atoms with van der Waals surface area (Å²) < 4.78 is 0. The van der Waals surface area contributed by atoms with Crippen molar-refractivity contribution in [1.29, 1.82) is 5.26 Å². The molecule has 6 heteroatoms. The summed E-state index contributed by atoms with van der Waals surface area (Å²) in [4.78, 5) is 20.7. The van der Waals surface area contributed by atoms with Crippen molar-refractivity contribution in [2.45, 2.75) is 19.8 Å². The third kappa shape index (κ3) is 3.20. The molecule has 2 atom stereocenters. The molecule has 1 amide bonds. The molecule has 1 aliphatic carbocycles. The molecule has 3 N–H and O–H groups in total. The second-order valence-electron chi connectivity index (χ2n) is 6.81. The van der Waals surface area contributed by atoms with E-state index < -0.39 is 0 Å². The number of anilines is 2. The molecule has 134 valence electrons. The molecular formula is C21H19N5O. The summed E-state index contributed by atoms with van der Waals surface area (Å²) in [7, 11) is 0. The van der Waals surface area contributed by atoms with Crippen LogP contribution in [0.15, 0.2) is 42.9 Å². The molecule has 1 saturated carbocycles. The van der Waals surface area contributed by atoms with Gasteiger partial charge in [0.1, 0.15) is 5.82 Å². The third-order valence-electron chi connectivity index (χ3n) is 5.02. The first-order valence-corrected chi connectivity index (χ1v) is 8.93. The first-order chi connectivity index (χ1) is 13.1. The number of carbonyl (C=O) groups excluding carboxylic acids is 1. The van der Waals surface area contributed by atoms with Crippen LogP contribution in [-0.4, -0.2) is 15.9 Å². The van der Waals surface area contributed by atoms with Gasteiger partial charge >= 0.3 is 0 Å². The molecule has 2 aromatic heterocycles. The zero-order valence-corrected chi connectivity index (χ0v) is 14.9. The van der Waals surface area contributed by atoms with E-state index in [1.54, 1.807) is 12.4 Å². The quantitative estimate of drug-likeness (QED) is 0.695. The van der Waals surface area contributed by atoms with E-state index in [1.165, 1.54) is 5.56 Å². The van der Waals surface area contributed by atoms with Gasteiger partial charge in [0.25, 0.3) is 0 Å². The van der Waals surface area contributed by atoms with Crippen molar-refractivity contribution < 1.29 is 4.79 Å². The van der Waals surface area contributed by atoms with Gasteiger partial charge in [0.15, 0.2) is 0 Å². The van der Waals surface area contributed by atoms with Crippen LogP contribution >= 0.6 is 0 Å². The number of nitriles is 1.